The SMILES string of the molecule is CN=C(NCCOc1ccc(Br)cc1)N1CCN(c2ncccn2)CC1. The van der Waals surface area contributed by atoms with E-state index in [9.17, 15) is 0 Å². The Bertz CT molecular complexity index is 701. The Hall–Kier alpha value is -2.35. The van der Waals surface area contributed by atoms with Gasteiger partial charge in [-0.3, -0.25) is 4.99 Å². The molecule has 1 aromatic carbocycles. The largest absolute Gasteiger partial charge is 0.492 e. The van der Waals surface area contributed by atoms with Crippen LogP contribution in [0.25, 0.3) is 0 Å². The molecule has 1 aromatic heterocycles. The summed E-state index contributed by atoms with van der Waals surface area (Å²) in [5.41, 5.74) is 0. The Labute approximate surface area is 162 Å². The molecule has 3 rings (SSSR count). The van der Waals surface area contributed by atoms with Crippen molar-refractivity contribution in [2.75, 3.05) is 51.3 Å². The molecule has 8 heteroatoms. The van der Waals surface area contributed by atoms with Gasteiger partial charge < -0.3 is 19.9 Å². The van der Waals surface area contributed by atoms with Crippen LogP contribution in [0.4, 0.5) is 5.95 Å². The first-order valence-corrected chi connectivity index (χ1v) is 9.41. The molecule has 0 amide bonds. The van der Waals surface area contributed by atoms with Crippen molar-refractivity contribution in [2.24, 2.45) is 4.99 Å². The number of benzene rings is 1. The van der Waals surface area contributed by atoms with Crippen molar-refractivity contribution in [3.05, 3.63) is 47.2 Å². The van der Waals surface area contributed by atoms with Gasteiger partial charge in [-0.25, -0.2) is 9.97 Å². The van der Waals surface area contributed by atoms with Crippen LogP contribution >= 0.6 is 15.9 Å². The third-order valence-corrected chi connectivity index (χ3v) is 4.62. The number of nitrogens with one attached hydrogen (secondary N) is 1. The number of ether oxygens (including phenoxy) is 1. The summed E-state index contributed by atoms with van der Waals surface area (Å²) in [5.74, 6) is 2.55. The molecule has 0 radical (unpaired) electrons. The molecule has 1 aliphatic rings. The quantitative estimate of drug-likeness (QED) is 0.455. The zero-order valence-electron chi connectivity index (χ0n) is 14.8. The Morgan fingerprint density at radius 2 is 1.85 bits per heavy atom. The third-order valence-electron chi connectivity index (χ3n) is 4.09. The summed E-state index contributed by atoms with van der Waals surface area (Å²) in [7, 11) is 1.81. The average molecular weight is 419 g/mol. The number of halogens is 1. The number of rotatable bonds is 5. The molecule has 1 aliphatic heterocycles. The number of hydrogen-bond acceptors (Lipinski definition) is 5. The van der Waals surface area contributed by atoms with Gasteiger partial charge in [-0.05, 0) is 30.3 Å². The maximum Gasteiger partial charge on any atom is 0.225 e. The molecule has 0 atom stereocenters. The van der Waals surface area contributed by atoms with Gasteiger partial charge in [0.15, 0.2) is 5.96 Å². The molecule has 26 heavy (non-hydrogen) atoms. The molecule has 2 heterocycles. The standard InChI is InChI=1S/C18H23BrN6O/c1-20-17(23-9-14-26-16-5-3-15(19)4-6-16)24-10-12-25(13-11-24)18-21-7-2-8-22-18/h2-8H,9-14H2,1H3,(H,20,23). The molecule has 2 aromatic rings. The van der Waals surface area contributed by atoms with Crippen molar-refractivity contribution < 1.29 is 4.74 Å². The summed E-state index contributed by atoms with van der Waals surface area (Å²) >= 11 is 3.42. The Morgan fingerprint density at radius 3 is 2.50 bits per heavy atom. The van der Waals surface area contributed by atoms with Gasteiger partial charge in [-0.2, -0.15) is 0 Å². The first-order valence-electron chi connectivity index (χ1n) is 8.62. The van der Waals surface area contributed by atoms with Crippen molar-refractivity contribution in [3.8, 4) is 5.75 Å². The second-order valence-corrected chi connectivity index (χ2v) is 6.71. The van der Waals surface area contributed by atoms with Gasteiger partial charge in [0, 0.05) is 50.1 Å². The molecule has 1 saturated heterocycles. The van der Waals surface area contributed by atoms with E-state index in [-0.39, 0.29) is 0 Å². The minimum atomic E-state index is 0.582. The fourth-order valence-corrected chi connectivity index (χ4v) is 3.03. The van der Waals surface area contributed by atoms with Gasteiger partial charge in [0.2, 0.25) is 5.95 Å². The van der Waals surface area contributed by atoms with Crippen LogP contribution in [-0.2, 0) is 0 Å². The zero-order valence-corrected chi connectivity index (χ0v) is 16.4. The smallest absolute Gasteiger partial charge is 0.225 e. The second kappa shape index (κ2) is 9.38. The van der Waals surface area contributed by atoms with Crippen molar-refractivity contribution in [1.29, 1.82) is 0 Å². The molecule has 0 unspecified atom stereocenters. The first kappa shape index (κ1) is 18.4. The lowest BCUT2D eigenvalue weighted by Crippen LogP contribution is -2.53. The second-order valence-electron chi connectivity index (χ2n) is 5.80. The van der Waals surface area contributed by atoms with Gasteiger partial charge in [0.1, 0.15) is 12.4 Å². The molecule has 0 bridgehead atoms. The van der Waals surface area contributed by atoms with Gasteiger partial charge >= 0.3 is 0 Å². The summed E-state index contributed by atoms with van der Waals surface area (Å²) in [6.45, 7) is 4.79. The van der Waals surface area contributed by atoms with Crippen LogP contribution in [-0.4, -0.2) is 67.2 Å². The molecule has 138 valence electrons. The van der Waals surface area contributed by atoms with Crippen LogP contribution in [0.3, 0.4) is 0 Å². The Morgan fingerprint density at radius 1 is 1.15 bits per heavy atom. The summed E-state index contributed by atoms with van der Waals surface area (Å²) < 4.78 is 6.78. The number of aromatic nitrogens is 2. The zero-order chi connectivity index (χ0) is 18.2. The molecule has 1 fully saturated rings. The maximum atomic E-state index is 5.74. The number of guanidine groups is 1. The molecule has 0 saturated carbocycles. The molecule has 1 N–H and O–H groups in total. The molecule has 7 nitrogen and oxygen atoms in total. The van der Waals surface area contributed by atoms with Crippen molar-refractivity contribution in [3.63, 3.8) is 0 Å². The molecule has 0 spiro atoms. The Kier molecular flexibility index (Phi) is 6.65. The van der Waals surface area contributed by atoms with E-state index in [1.807, 2.05) is 37.4 Å². The van der Waals surface area contributed by atoms with Crippen LogP contribution < -0.4 is 15.0 Å². The maximum absolute atomic E-state index is 5.74. The summed E-state index contributed by atoms with van der Waals surface area (Å²) in [6.07, 6.45) is 3.56. The van der Waals surface area contributed by atoms with E-state index in [0.29, 0.717) is 13.2 Å². The normalized spacial score (nSPS) is 15.1. The van der Waals surface area contributed by atoms with Crippen molar-refractivity contribution in [1.82, 2.24) is 20.2 Å². The monoisotopic (exact) mass is 418 g/mol. The van der Waals surface area contributed by atoms with Crippen molar-refractivity contribution in [2.45, 2.75) is 0 Å². The summed E-state index contributed by atoms with van der Waals surface area (Å²) in [6, 6.07) is 9.67. The van der Waals surface area contributed by atoms with Gasteiger partial charge in [-0.1, -0.05) is 15.9 Å². The number of anilines is 1. The number of hydrogen-bond donors (Lipinski definition) is 1. The van der Waals surface area contributed by atoms with E-state index >= 15 is 0 Å². The molecular weight excluding hydrogens is 396 g/mol. The lowest BCUT2D eigenvalue weighted by molar-refractivity contribution is 0.314. The molecule has 0 aliphatic carbocycles. The predicted molar refractivity (Wildman–Crippen MR) is 107 cm³/mol. The van der Waals surface area contributed by atoms with Crippen LogP contribution in [0.5, 0.6) is 5.75 Å². The summed E-state index contributed by atoms with van der Waals surface area (Å²) in [4.78, 5) is 17.5. The highest BCUT2D eigenvalue weighted by atomic mass is 79.9. The highest BCUT2D eigenvalue weighted by Gasteiger charge is 2.20. The van der Waals surface area contributed by atoms with E-state index in [1.54, 1.807) is 12.4 Å². The molecular formula is C18H23BrN6O. The fourth-order valence-electron chi connectivity index (χ4n) is 2.77. The lowest BCUT2D eigenvalue weighted by Gasteiger charge is -2.36. The fraction of sp³-hybridized carbons (Fsp3) is 0.389. The van der Waals surface area contributed by atoms with Crippen LogP contribution in [0.1, 0.15) is 0 Å². The van der Waals surface area contributed by atoms with E-state index in [0.717, 1.165) is 48.3 Å². The third kappa shape index (κ3) is 5.08. The van der Waals surface area contributed by atoms with Crippen LogP contribution in [0.15, 0.2) is 52.2 Å². The van der Waals surface area contributed by atoms with Crippen LogP contribution in [0.2, 0.25) is 0 Å². The Balaban J connectivity index is 1.41. The number of piperazine rings is 1. The minimum Gasteiger partial charge on any atom is -0.492 e. The van der Waals surface area contributed by atoms with Gasteiger partial charge in [0.25, 0.3) is 0 Å². The van der Waals surface area contributed by atoms with E-state index < -0.39 is 0 Å². The van der Waals surface area contributed by atoms with E-state index in [1.165, 1.54) is 0 Å². The topological polar surface area (TPSA) is 65.9 Å². The minimum absolute atomic E-state index is 0.582. The number of aliphatic imine (C=N–C) groups is 1. The highest BCUT2D eigenvalue weighted by molar-refractivity contribution is 9.10. The average Bonchev–Trinajstić information content (AvgIpc) is 2.70. The lowest BCUT2D eigenvalue weighted by atomic mass is 10.3. The highest BCUT2D eigenvalue weighted by Crippen LogP contribution is 2.15. The first-order chi connectivity index (χ1) is 12.8. The van der Waals surface area contributed by atoms with E-state index in [2.05, 4.69) is 46.0 Å². The van der Waals surface area contributed by atoms with E-state index in [4.69, 9.17) is 4.74 Å². The van der Waals surface area contributed by atoms with Crippen LogP contribution in [0, 0.1) is 0 Å². The van der Waals surface area contributed by atoms with Gasteiger partial charge in [0.05, 0.1) is 6.54 Å². The van der Waals surface area contributed by atoms with Gasteiger partial charge in [-0.15, -0.1) is 0 Å². The van der Waals surface area contributed by atoms with Crippen molar-refractivity contribution >= 4 is 27.8 Å². The predicted octanol–water partition coefficient (Wildman–Crippen LogP) is 2.02. The number of nitrogens with zero attached hydrogens (tertiary/aromatic N) is 5. The summed E-state index contributed by atoms with van der Waals surface area (Å²) in [5, 5.41) is 3.37.